The van der Waals surface area contributed by atoms with Crippen LogP contribution in [-0.2, 0) is 6.42 Å². The molecule has 0 aliphatic heterocycles. The summed E-state index contributed by atoms with van der Waals surface area (Å²) in [4.78, 5) is 8.64. The second-order valence-electron chi connectivity index (χ2n) is 6.49. The summed E-state index contributed by atoms with van der Waals surface area (Å²) < 4.78 is 19.9. The summed E-state index contributed by atoms with van der Waals surface area (Å²) in [6, 6.07) is 7.90. The van der Waals surface area contributed by atoms with Crippen LogP contribution in [-0.4, -0.2) is 33.4 Å². The third kappa shape index (κ3) is 4.27. The number of ether oxygens (including phenoxy) is 1. The summed E-state index contributed by atoms with van der Waals surface area (Å²) in [6.07, 6.45) is 1.26. The van der Waals surface area contributed by atoms with E-state index in [4.69, 9.17) is 10.5 Å². The molecule has 29 heavy (non-hydrogen) atoms. The molecule has 8 nitrogen and oxygen atoms in total. The van der Waals surface area contributed by atoms with Gasteiger partial charge in [-0.25, -0.2) is 14.1 Å². The lowest BCUT2D eigenvalue weighted by atomic mass is 10.1. The number of halogens is 1. The van der Waals surface area contributed by atoms with Gasteiger partial charge in [-0.15, -0.1) is 0 Å². The maximum Gasteiger partial charge on any atom is 0.221 e. The number of rotatable bonds is 7. The standard InChI is InChI=1S/C20H22FN7O/c1-12-19(25-13(2)26-20(12)29-3)24-10-4-5-17-16(11-22)18(23)28(27-17)15-8-6-14(21)7-9-15/h6-9H,4-5,10,23H2,1-3H3,(H,24,25,26). The molecule has 3 N–H and O–H groups in total. The molecule has 0 saturated heterocycles. The molecule has 0 bridgehead atoms. The number of nitrogens with two attached hydrogens (primary N) is 1. The zero-order valence-corrected chi connectivity index (χ0v) is 16.5. The van der Waals surface area contributed by atoms with Gasteiger partial charge >= 0.3 is 0 Å². The molecule has 2 heterocycles. The van der Waals surface area contributed by atoms with Crippen LogP contribution >= 0.6 is 0 Å². The molecule has 0 saturated carbocycles. The summed E-state index contributed by atoms with van der Waals surface area (Å²) in [6.45, 7) is 4.31. The minimum absolute atomic E-state index is 0.245. The predicted octanol–water partition coefficient (Wildman–Crippen LogP) is 2.93. The molecule has 3 rings (SSSR count). The number of methoxy groups -OCH3 is 1. The maximum absolute atomic E-state index is 13.2. The molecule has 0 fully saturated rings. The normalized spacial score (nSPS) is 10.6. The van der Waals surface area contributed by atoms with Crippen LogP contribution in [0.1, 0.15) is 29.1 Å². The number of anilines is 2. The van der Waals surface area contributed by atoms with Gasteiger partial charge in [0.15, 0.2) is 0 Å². The van der Waals surface area contributed by atoms with Crippen LogP contribution in [0.2, 0.25) is 0 Å². The summed E-state index contributed by atoms with van der Waals surface area (Å²) in [5.41, 5.74) is 8.46. The number of nitrogens with zero attached hydrogens (tertiary/aromatic N) is 5. The zero-order valence-electron chi connectivity index (χ0n) is 16.5. The largest absolute Gasteiger partial charge is 0.481 e. The van der Waals surface area contributed by atoms with Crippen molar-refractivity contribution in [3.63, 3.8) is 0 Å². The molecular weight excluding hydrogens is 373 g/mol. The summed E-state index contributed by atoms with van der Waals surface area (Å²) in [5, 5.41) is 17.2. The topological polar surface area (TPSA) is 115 Å². The van der Waals surface area contributed by atoms with Gasteiger partial charge in [0.25, 0.3) is 0 Å². The van der Waals surface area contributed by atoms with Gasteiger partial charge < -0.3 is 15.8 Å². The fourth-order valence-electron chi connectivity index (χ4n) is 2.99. The second-order valence-corrected chi connectivity index (χ2v) is 6.49. The van der Waals surface area contributed by atoms with E-state index >= 15 is 0 Å². The Labute approximate surface area is 168 Å². The van der Waals surface area contributed by atoms with Crippen LogP contribution in [0.3, 0.4) is 0 Å². The van der Waals surface area contributed by atoms with Gasteiger partial charge in [-0.2, -0.15) is 15.3 Å². The first-order valence-corrected chi connectivity index (χ1v) is 9.11. The van der Waals surface area contributed by atoms with E-state index in [1.165, 1.54) is 16.8 Å². The van der Waals surface area contributed by atoms with Crippen LogP contribution < -0.4 is 15.8 Å². The summed E-state index contributed by atoms with van der Waals surface area (Å²) in [7, 11) is 1.57. The van der Waals surface area contributed by atoms with Crippen LogP contribution in [0.25, 0.3) is 5.69 Å². The molecule has 0 unspecified atom stereocenters. The van der Waals surface area contributed by atoms with E-state index in [2.05, 4.69) is 26.5 Å². The van der Waals surface area contributed by atoms with E-state index in [0.29, 0.717) is 53.9 Å². The number of aromatic nitrogens is 4. The number of hydrogen-bond donors (Lipinski definition) is 2. The Morgan fingerprint density at radius 3 is 2.62 bits per heavy atom. The van der Waals surface area contributed by atoms with Crippen molar-refractivity contribution < 1.29 is 9.13 Å². The quantitative estimate of drug-likeness (QED) is 0.591. The van der Waals surface area contributed by atoms with Crippen molar-refractivity contribution in [1.82, 2.24) is 19.7 Å². The van der Waals surface area contributed by atoms with E-state index in [1.54, 1.807) is 26.2 Å². The van der Waals surface area contributed by atoms with E-state index in [0.717, 1.165) is 5.56 Å². The van der Waals surface area contributed by atoms with E-state index in [1.807, 2.05) is 6.92 Å². The molecule has 0 aliphatic carbocycles. The van der Waals surface area contributed by atoms with E-state index in [-0.39, 0.29) is 11.6 Å². The van der Waals surface area contributed by atoms with Crippen LogP contribution in [0.15, 0.2) is 24.3 Å². The van der Waals surface area contributed by atoms with Crippen molar-refractivity contribution in [2.24, 2.45) is 0 Å². The maximum atomic E-state index is 13.2. The highest BCUT2D eigenvalue weighted by molar-refractivity contribution is 5.56. The van der Waals surface area contributed by atoms with E-state index in [9.17, 15) is 9.65 Å². The second kappa shape index (κ2) is 8.56. The Morgan fingerprint density at radius 1 is 1.24 bits per heavy atom. The highest BCUT2D eigenvalue weighted by atomic mass is 19.1. The Balaban J connectivity index is 1.70. The van der Waals surface area contributed by atoms with Crippen molar-refractivity contribution in [2.75, 3.05) is 24.7 Å². The first-order valence-electron chi connectivity index (χ1n) is 9.11. The predicted molar refractivity (Wildman–Crippen MR) is 108 cm³/mol. The van der Waals surface area contributed by atoms with Crippen LogP contribution in [0, 0.1) is 31.0 Å². The van der Waals surface area contributed by atoms with Crippen LogP contribution in [0.4, 0.5) is 16.0 Å². The number of nitrogen functional groups attached to an aromatic ring is 1. The molecular formula is C20H22FN7O. The molecule has 1 aromatic carbocycles. The van der Waals surface area contributed by atoms with Gasteiger partial charge in [-0.1, -0.05) is 0 Å². The third-order valence-electron chi connectivity index (χ3n) is 4.47. The van der Waals surface area contributed by atoms with Gasteiger partial charge in [-0.3, -0.25) is 0 Å². The van der Waals surface area contributed by atoms with Gasteiger partial charge in [0.05, 0.1) is 24.1 Å². The van der Waals surface area contributed by atoms with Crippen molar-refractivity contribution in [2.45, 2.75) is 26.7 Å². The fourth-order valence-corrected chi connectivity index (χ4v) is 2.99. The van der Waals surface area contributed by atoms with E-state index < -0.39 is 0 Å². The first-order chi connectivity index (χ1) is 13.9. The molecule has 0 radical (unpaired) electrons. The van der Waals surface area contributed by atoms with Gasteiger partial charge in [0.1, 0.15) is 34.9 Å². The summed E-state index contributed by atoms with van der Waals surface area (Å²) in [5.74, 6) is 1.77. The summed E-state index contributed by atoms with van der Waals surface area (Å²) >= 11 is 0. The SMILES string of the molecule is COc1nc(C)nc(NCCCc2nn(-c3ccc(F)cc3)c(N)c2C#N)c1C. The Morgan fingerprint density at radius 2 is 1.97 bits per heavy atom. The van der Waals surface area contributed by atoms with Crippen molar-refractivity contribution in [3.8, 4) is 17.6 Å². The number of hydrogen-bond acceptors (Lipinski definition) is 7. The number of nitrogens with one attached hydrogen (secondary N) is 1. The Kier molecular flexibility index (Phi) is 5.93. The average Bonchev–Trinajstić information content (AvgIpc) is 3.03. The number of benzene rings is 1. The molecule has 9 heteroatoms. The number of nitriles is 1. The lowest BCUT2D eigenvalue weighted by molar-refractivity contribution is 0.392. The average molecular weight is 395 g/mol. The molecule has 0 atom stereocenters. The molecule has 0 aliphatic rings. The van der Waals surface area contributed by atoms with Crippen LogP contribution in [0.5, 0.6) is 5.88 Å². The molecule has 3 aromatic rings. The molecule has 150 valence electrons. The molecule has 0 amide bonds. The third-order valence-corrected chi connectivity index (χ3v) is 4.47. The first kappa shape index (κ1) is 20.1. The Hall–Kier alpha value is -3.67. The van der Waals surface area contributed by atoms with Gasteiger partial charge in [0, 0.05) is 6.54 Å². The van der Waals surface area contributed by atoms with Crippen molar-refractivity contribution in [3.05, 3.63) is 52.7 Å². The van der Waals surface area contributed by atoms with Gasteiger partial charge in [0.2, 0.25) is 5.88 Å². The monoisotopic (exact) mass is 395 g/mol. The molecule has 2 aromatic heterocycles. The van der Waals surface area contributed by atoms with Crippen molar-refractivity contribution >= 4 is 11.6 Å². The Bertz CT molecular complexity index is 1050. The van der Waals surface area contributed by atoms with Gasteiger partial charge in [-0.05, 0) is 51.0 Å². The number of aryl methyl sites for hydroxylation is 2. The highest BCUT2D eigenvalue weighted by Crippen LogP contribution is 2.23. The smallest absolute Gasteiger partial charge is 0.221 e. The lowest BCUT2D eigenvalue weighted by Crippen LogP contribution is -2.09. The van der Waals surface area contributed by atoms with Crippen molar-refractivity contribution in [1.29, 1.82) is 5.26 Å². The lowest BCUT2D eigenvalue weighted by Gasteiger charge is -2.11. The zero-order chi connectivity index (χ0) is 21.0. The highest BCUT2D eigenvalue weighted by Gasteiger charge is 2.16. The molecule has 0 spiro atoms. The minimum atomic E-state index is -0.349. The minimum Gasteiger partial charge on any atom is -0.481 e. The fraction of sp³-hybridized carbons (Fsp3) is 0.300.